The molecule has 60 valence electrons. The molecule has 0 aliphatic rings. The van der Waals surface area contributed by atoms with Crippen LogP contribution in [-0.4, -0.2) is 24.2 Å². The van der Waals surface area contributed by atoms with Crippen LogP contribution in [-0.2, 0) is 4.79 Å². The average molecular weight is 145 g/mol. The number of aliphatic hydroxyl groups excluding tert-OH is 1. The number of aliphatic hydroxyl groups is 1. The average Bonchev–Trinajstić information content (AvgIpc) is 1.97. The Morgan fingerprint density at radius 2 is 2.30 bits per heavy atom. The van der Waals surface area contributed by atoms with Crippen molar-refractivity contribution in [2.24, 2.45) is 0 Å². The van der Waals surface area contributed by atoms with Crippen molar-refractivity contribution in [1.29, 1.82) is 0 Å². The second-order valence-electron chi connectivity index (χ2n) is 2.18. The maximum atomic E-state index is 10.7. The number of carbonyl (C=O) groups excluding carboxylic acids is 1. The van der Waals surface area contributed by atoms with E-state index in [2.05, 4.69) is 5.32 Å². The van der Waals surface area contributed by atoms with Crippen LogP contribution in [0.25, 0.3) is 0 Å². The fourth-order valence-electron chi connectivity index (χ4n) is 0.592. The number of carbonyl (C=O) groups is 1. The van der Waals surface area contributed by atoms with Crippen LogP contribution in [0.2, 0.25) is 0 Å². The predicted octanol–water partition coefficient (Wildman–Crippen LogP) is 0.285. The molecule has 3 nitrogen and oxygen atoms in total. The SMILES string of the molecule is CCCNC(=O)CCCO. The van der Waals surface area contributed by atoms with E-state index in [1.165, 1.54) is 0 Å². The van der Waals surface area contributed by atoms with Crippen molar-refractivity contribution in [2.75, 3.05) is 13.2 Å². The molecule has 0 unspecified atom stereocenters. The number of nitrogens with one attached hydrogen (secondary N) is 1. The van der Waals surface area contributed by atoms with Crippen molar-refractivity contribution in [2.45, 2.75) is 26.2 Å². The van der Waals surface area contributed by atoms with E-state index in [9.17, 15) is 4.79 Å². The fraction of sp³-hybridized carbons (Fsp3) is 0.857. The van der Waals surface area contributed by atoms with Crippen molar-refractivity contribution in [1.82, 2.24) is 5.32 Å². The number of amides is 1. The van der Waals surface area contributed by atoms with Gasteiger partial charge in [-0.15, -0.1) is 0 Å². The maximum Gasteiger partial charge on any atom is 0.220 e. The van der Waals surface area contributed by atoms with Crippen LogP contribution >= 0.6 is 0 Å². The van der Waals surface area contributed by atoms with Crippen molar-refractivity contribution in [3.05, 3.63) is 0 Å². The molecule has 0 atom stereocenters. The third-order valence-electron chi connectivity index (χ3n) is 1.13. The smallest absolute Gasteiger partial charge is 0.220 e. The van der Waals surface area contributed by atoms with E-state index in [-0.39, 0.29) is 12.5 Å². The first kappa shape index (κ1) is 9.43. The van der Waals surface area contributed by atoms with Gasteiger partial charge in [0.2, 0.25) is 5.91 Å². The monoisotopic (exact) mass is 145 g/mol. The molecule has 0 spiro atoms. The van der Waals surface area contributed by atoms with Crippen molar-refractivity contribution in [3.8, 4) is 0 Å². The van der Waals surface area contributed by atoms with Gasteiger partial charge in [-0.05, 0) is 12.8 Å². The minimum Gasteiger partial charge on any atom is -0.396 e. The molecule has 10 heavy (non-hydrogen) atoms. The van der Waals surface area contributed by atoms with Gasteiger partial charge in [0.1, 0.15) is 0 Å². The van der Waals surface area contributed by atoms with Gasteiger partial charge in [0, 0.05) is 19.6 Å². The van der Waals surface area contributed by atoms with Crippen LogP contribution < -0.4 is 5.32 Å². The molecule has 0 rings (SSSR count). The first-order chi connectivity index (χ1) is 4.81. The highest BCUT2D eigenvalue weighted by atomic mass is 16.3. The molecule has 0 bridgehead atoms. The van der Waals surface area contributed by atoms with E-state index >= 15 is 0 Å². The third kappa shape index (κ3) is 5.56. The summed E-state index contributed by atoms with van der Waals surface area (Å²) in [5.41, 5.74) is 0. The summed E-state index contributed by atoms with van der Waals surface area (Å²) in [6, 6.07) is 0. The highest BCUT2D eigenvalue weighted by Crippen LogP contribution is 1.85. The van der Waals surface area contributed by atoms with Crippen LogP contribution in [0.15, 0.2) is 0 Å². The summed E-state index contributed by atoms with van der Waals surface area (Å²) < 4.78 is 0. The lowest BCUT2D eigenvalue weighted by atomic mass is 10.3. The summed E-state index contributed by atoms with van der Waals surface area (Å²) in [5.74, 6) is 0.0379. The summed E-state index contributed by atoms with van der Waals surface area (Å²) in [4.78, 5) is 10.7. The second kappa shape index (κ2) is 6.55. The number of rotatable bonds is 5. The van der Waals surface area contributed by atoms with Crippen molar-refractivity contribution < 1.29 is 9.90 Å². The van der Waals surface area contributed by atoms with Gasteiger partial charge in [-0.1, -0.05) is 6.92 Å². The van der Waals surface area contributed by atoms with Gasteiger partial charge >= 0.3 is 0 Å². The van der Waals surface area contributed by atoms with Crippen LogP contribution in [0.5, 0.6) is 0 Å². The van der Waals surface area contributed by atoms with Crippen LogP contribution in [0.1, 0.15) is 26.2 Å². The zero-order valence-corrected chi connectivity index (χ0v) is 6.39. The quantitative estimate of drug-likeness (QED) is 0.584. The highest BCUT2D eigenvalue weighted by Gasteiger charge is 1.96. The van der Waals surface area contributed by atoms with E-state index in [1.54, 1.807) is 0 Å². The normalized spacial score (nSPS) is 9.40. The van der Waals surface area contributed by atoms with Gasteiger partial charge in [0.15, 0.2) is 0 Å². The number of hydrogen-bond donors (Lipinski definition) is 2. The van der Waals surface area contributed by atoms with E-state index in [1.807, 2.05) is 6.92 Å². The van der Waals surface area contributed by atoms with Crippen LogP contribution in [0.3, 0.4) is 0 Å². The maximum absolute atomic E-state index is 10.7. The highest BCUT2D eigenvalue weighted by molar-refractivity contribution is 5.75. The van der Waals surface area contributed by atoms with E-state index in [0.29, 0.717) is 12.8 Å². The Balaban J connectivity index is 3.09. The van der Waals surface area contributed by atoms with Crippen molar-refractivity contribution in [3.63, 3.8) is 0 Å². The minimum atomic E-state index is 0.0379. The standard InChI is InChI=1S/C7H15NO2/c1-2-5-8-7(10)4-3-6-9/h9H,2-6H2,1H3,(H,8,10). The first-order valence-corrected chi connectivity index (χ1v) is 3.68. The summed E-state index contributed by atoms with van der Waals surface area (Å²) in [5, 5.41) is 11.1. The van der Waals surface area contributed by atoms with Gasteiger partial charge in [-0.3, -0.25) is 4.79 Å². The van der Waals surface area contributed by atoms with Crippen LogP contribution in [0.4, 0.5) is 0 Å². The van der Waals surface area contributed by atoms with Gasteiger partial charge < -0.3 is 10.4 Å². The third-order valence-corrected chi connectivity index (χ3v) is 1.13. The van der Waals surface area contributed by atoms with Gasteiger partial charge in [0.05, 0.1) is 0 Å². The first-order valence-electron chi connectivity index (χ1n) is 3.68. The molecule has 0 radical (unpaired) electrons. The molecular formula is C7H15NO2. The molecule has 0 aromatic carbocycles. The largest absolute Gasteiger partial charge is 0.396 e. The molecule has 3 heteroatoms. The van der Waals surface area contributed by atoms with Crippen molar-refractivity contribution >= 4 is 5.91 Å². The summed E-state index contributed by atoms with van der Waals surface area (Å²) in [7, 11) is 0. The topological polar surface area (TPSA) is 49.3 Å². The molecular weight excluding hydrogens is 130 g/mol. The summed E-state index contributed by atoms with van der Waals surface area (Å²) in [6.45, 7) is 2.84. The molecule has 1 amide bonds. The lowest BCUT2D eigenvalue weighted by Gasteiger charge is -2.00. The lowest BCUT2D eigenvalue weighted by molar-refractivity contribution is -0.121. The van der Waals surface area contributed by atoms with Crippen LogP contribution in [0, 0.1) is 0 Å². The molecule has 0 aliphatic heterocycles. The molecule has 0 saturated heterocycles. The molecule has 0 heterocycles. The van der Waals surface area contributed by atoms with E-state index in [0.717, 1.165) is 13.0 Å². The molecule has 0 aliphatic carbocycles. The van der Waals surface area contributed by atoms with E-state index < -0.39 is 0 Å². The fourth-order valence-corrected chi connectivity index (χ4v) is 0.592. The molecule has 0 fully saturated rings. The molecule has 0 aromatic rings. The Morgan fingerprint density at radius 3 is 2.80 bits per heavy atom. The molecule has 0 aromatic heterocycles. The van der Waals surface area contributed by atoms with E-state index in [4.69, 9.17) is 5.11 Å². The van der Waals surface area contributed by atoms with Gasteiger partial charge in [-0.2, -0.15) is 0 Å². The Labute approximate surface area is 61.4 Å². The zero-order chi connectivity index (χ0) is 7.82. The summed E-state index contributed by atoms with van der Waals surface area (Å²) >= 11 is 0. The van der Waals surface area contributed by atoms with Gasteiger partial charge in [0.25, 0.3) is 0 Å². The predicted molar refractivity (Wildman–Crippen MR) is 39.6 cm³/mol. The zero-order valence-electron chi connectivity index (χ0n) is 6.39. The minimum absolute atomic E-state index is 0.0379. The second-order valence-corrected chi connectivity index (χ2v) is 2.18. The molecule has 0 saturated carbocycles. The Kier molecular flexibility index (Phi) is 6.18. The molecule has 2 N–H and O–H groups in total. The Hall–Kier alpha value is -0.570. The summed E-state index contributed by atoms with van der Waals surface area (Å²) in [6.07, 6.45) is 1.97. The Morgan fingerprint density at radius 1 is 1.60 bits per heavy atom. The number of hydrogen-bond acceptors (Lipinski definition) is 2. The van der Waals surface area contributed by atoms with Gasteiger partial charge in [-0.25, -0.2) is 0 Å². The Bertz CT molecular complexity index is 83.6. The lowest BCUT2D eigenvalue weighted by Crippen LogP contribution is -2.23.